The van der Waals surface area contributed by atoms with Crippen molar-refractivity contribution in [1.82, 2.24) is 25.3 Å². The van der Waals surface area contributed by atoms with Crippen LogP contribution in [0.4, 0.5) is 5.82 Å². The first-order chi connectivity index (χ1) is 18.2. The van der Waals surface area contributed by atoms with Gasteiger partial charge in [0, 0.05) is 40.9 Å². The molecule has 2 aliphatic rings. The lowest BCUT2D eigenvalue weighted by Gasteiger charge is -2.36. The van der Waals surface area contributed by atoms with Crippen molar-refractivity contribution < 1.29 is 14.7 Å². The second kappa shape index (κ2) is 10.1. The number of hydrogen-bond donors (Lipinski definition) is 2. The summed E-state index contributed by atoms with van der Waals surface area (Å²) in [7, 11) is 0. The average molecular weight is 534 g/mol. The van der Waals surface area contributed by atoms with Crippen molar-refractivity contribution in [3.8, 4) is 11.8 Å². The monoisotopic (exact) mass is 533 g/mol. The van der Waals surface area contributed by atoms with Gasteiger partial charge < -0.3 is 10.4 Å². The first kappa shape index (κ1) is 25.7. The summed E-state index contributed by atoms with van der Waals surface area (Å²) in [5.41, 5.74) is 3.00. The summed E-state index contributed by atoms with van der Waals surface area (Å²) in [4.78, 5) is 31.1. The van der Waals surface area contributed by atoms with Crippen LogP contribution < -0.4 is 10.2 Å². The minimum absolute atomic E-state index is 0.0336. The van der Waals surface area contributed by atoms with E-state index in [9.17, 15) is 20.0 Å². The van der Waals surface area contributed by atoms with Crippen molar-refractivity contribution >= 4 is 29.2 Å². The number of benzene rings is 1. The first-order valence-corrected chi connectivity index (χ1v) is 13.0. The van der Waals surface area contributed by atoms with E-state index in [0.717, 1.165) is 12.0 Å². The lowest BCUT2D eigenvalue weighted by atomic mass is 9.74. The van der Waals surface area contributed by atoms with Gasteiger partial charge in [-0.2, -0.15) is 5.26 Å². The molecule has 1 aliphatic carbocycles. The molecule has 2 N–H and O–H groups in total. The molecule has 5 rings (SSSR count). The van der Waals surface area contributed by atoms with Crippen molar-refractivity contribution in [2.24, 2.45) is 5.92 Å². The number of pyridine rings is 1. The van der Waals surface area contributed by atoms with E-state index in [1.165, 1.54) is 4.90 Å². The molecular weight excluding hydrogens is 506 g/mol. The Bertz CT molecular complexity index is 1460. The zero-order valence-corrected chi connectivity index (χ0v) is 22.1. The summed E-state index contributed by atoms with van der Waals surface area (Å²) in [6, 6.07) is 7.06. The third-order valence-corrected chi connectivity index (χ3v) is 7.93. The summed E-state index contributed by atoms with van der Waals surface area (Å²) in [6.45, 7) is 6.04. The van der Waals surface area contributed by atoms with E-state index in [-0.39, 0.29) is 53.0 Å². The molecule has 1 saturated carbocycles. The van der Waals surface area contributed by atoms with Crippen molar-refractivity contribution in [2.75, 3.05) is 11.4 Å². The maximum absolute atomic E-state index is 12.8. The molecule has 3 aromatic rings. The zero-order chi connectivity index (χ0) is 27.1. The van der Waals surface area contributed by atoms with E-state index >= 15 is 0 Å². The summed E-state index contributed by atoms with van der Waals surface area (Å²) in [5.74, 6) is -0.0651. The van der Waals surface area contributed by atoms with Crippen molar-refractivity contribution in [2.45, 2.75) is 58.0 Å². The van der Waals surface area contributed by atoms with E-state index in [1.807, 2.05) is 19.9 Å². The molecule has 1 aromatic carbocycles. The third-order valence-electron chi connectivity index (χ3n) is 7.69. The summed E-state index contributed by atoms with van der Waals surface area (Å²) in [6.07, 6.45) is 5.34. The predicted octanol–water partition coefficient (Wildman–Crippen LogP) is 3.87. The molecule has 2 amide bonds. The normalized spacial score (nSPS) is 21.6. The molecule has 11 heteroatoms. The maximum atomic E-state index is 12.8. The van der Waals surface area contributed by atoms with Crippen LogP contribution in [0.1, 0.15) is 77.8 Å². The first-order valence-electron chi connectivity index (χ1n) is 12.6. The Morgan fingerprint density at radius 1 is 1.34 bits per heavy atom. The third kappa shape index (κ3) is 4.58. The Morgan fingerprint density at radius 3 is 2.79 bits per heavy atom. The molecular formula is C27H28ClN7O3. The summed E-state index contributed by atoms with van der Waals surface area (Å²) in [5, 5.41) is 31.9. The highest BCUT2D eigenvalue weighted by molar-refractivity contribution is 6.30. The molecule has 196 valence electrons. The van der Waals surface area contributed by atoms with Crippen LogP contribution >= 0.6 is 11.6 Å². The van der Waals surface area contributed by atoms with E-state index in [4.69, 9.17) is 11.6 Å². The van der Waals surface area contributed by atoms with Crippen molar-refractivity contribution in [3.05, 3.63) is 63.6 Å². The summed E-state index contributed by atoms with van der Waals surface area (Å²) >= 11 is 6.11. The Balaban J connectivity index is 1.24. The molecule has 1 saturated heterocycles. The SMILES string of the molecule is Cc1c(C(C)n2cc(C(=O)N[C@H]3C[C@@H](c4cc(Cl)ccc4C#N)C3)nn2)cnc(N2CCC(C)C2=O)c1O. The fourth-order valence-electron chi connectivity index (χ4n) is 5.18. The topological polar surface area (TPSA) is 137 Å². The predicted molar refractivity (Wildman–Crippen MR) is 140 cm³/mol. The van der Waals surface area contributed by atoms with Crippen molar-refractivity contribution in [3.63, 3.8) is 0 Å². The number of anilines is 1. The van der Waals surface area contributed by atoms with Gasteiger partial charge in [-0.25, -0.2) is 9.67 Å². The molecule has 38 heavy (non-hydrogen) atoms. The van der Waals surface area contributed by atoms with Crippen LogP contribution in [0.5, 0.6) is 5.75 Å². The molecule has 2 fully saturated rings. The van der Waals surface area contributed by atoms with Crippen LogP contribution in [0.15, 0.2) is 30.6 Å². The molecule has 0 bridgehead atoms. The largest absolute Gasteiger partial charge is 0.504 e. The number of rotatable bonds is 6. The number of carbonyl (C=O) groups is 2. The smallest absolute Gasteiger partial charge is 0.273 e. The molecule has 2 aromatic heterocycles. The number of nitrogens with zero attached hydrogens (tertiary/aromatic N) is 6. The minimum atomic E-state index is -0.356. The van der Waals surface area contributed by atoms with E-state index in [2.05, 4.69) is 26.7 Å². The molecule has 3 heterocycles. The standard InChI is InChI=1S/C27H28ClN7O3/c1-14-6-7-34(27(14)38)25-24(36)15(2)22(12-30-25)16(3)35-13-23(32-33-35)26(37)31-20-8-18(9-20)21-10-19(28)5-4-17(21)11-29/h4-5,10,12-14,16,18,20,36H,6-9H2,1-3H3,(H,31,37)/t14?,16?,18-,20+. The number of halogens is 1. The number of aromatic hydroxyl groups is 1. The fraction of sp³-hybridized carbons (Fsp3) is 0.407. The van der Waals surface area contributed by atoms with E-state index in [0.29, 0.717) is 41.1 Å². The minimum Gasteiger partial charge on any atom is -0.504 e. The molecule has 2 atom stereocenters. The maximum Gasteiger partial charge on any atom is 0.273 e. The van der Waals surface area contributed by atoms with E-state index in [1.54, 1.807) is 36.1 Å². The summed E-state index contributed by atoms with van der Waals surface area (Å²) < 4.78 is 1.55. The molecule has 2 unspecified atom stereocenters. The van der Waals surface area contributed by atoms with Crippen LogP contribution in [0.25, 0.3) is 0 Å². The van der Waals surface area contributed by atoms with E-state index < -0.39 is 0 Å². The average Bonchev–Trinajstić information content (AvgIpc) is 3.50. The Labute approximate surface area is 225 Å². The van der Waals surface area contributed by atoms with Crippen LogP contribution in [-0.2, 0) is 4.79 Å². The Morgan fingerprint density at radius 2 is 2.11 bits per heavy atom. The molecule has 0 radical (unpaired) electrons. The number of amides is 2. The van der Waals surface area contributed by atoms with Gasteiger partial charge in [-0.1, -0.05) is 23.7 Å². The lowest BCUT2D eigenvalue weighted by molar-refractivity contribution is -0.119. The van der Waals surface area contributed by atoms with Crippen LogP contribution in [0.2, 0.25) is 5.02 Å². The quantitative estimate of drug-likeness (QED) is 0.490. The Kier molecular flexibility index (Phi) is 6.80. The lowest BCUT2D eigenvalue weighted by Crippen LogP contribution is -2.43. The number of nitriles is 1. The second-order valence-electron chi connectivity index (χ2n) is 10.1. The van der Waals surface area contributed by atoms with Gasteiger partial charge in [0.25, 0.3) is 5.91 Å². The second-order valence-corrected chi connectivity index (χ2v) is 10.6. The highest BCUT2D eigenvalue weighted by atomic mass is 35.5. The van der Waals surface area contributed by atoms with Gasteiger partial charge in [0.1, 0.15) is 0 Å². The van der Waals surface area contributed by atoms with Crippen LogP contribution in [0, 0.1) is 24.2 Å². The molecule has 0 spiro atoms. The number of aromatic nitrogens is 4. The number of hydrogen-bond acceptors (Lipinski definition) is 7. The van der Waals surface area contributed by atoms with Gasteiger partial charge in [0.05, 0.1) is 23.9 Å². The molecule has 1 aliphatic heterocycles. The highest BCUT2D eigenvalue weighted by Gasteiger charge is 2.34. The van der Waals surface area contributed by atoms with Crippen LogP contribution in [0.3, 0.4) is 0 Å². The van der Waals surface area contributed by atoms with Gasteiger partial charge in [-0.3, -0.25) is 14.5 Å². The number of carbonyl (C=O) groups excluding carboxylic acids is 2. The van der Waals surface area contributed by atoms with Gasteiger partial charge >= 0.3 is 0 Å². The van der Waals surface area contributed by atoms with Gasteiger partial charge in [0.15, 0.2) is 17.3 Å². The van der Waals surface area contributed by atoms with Crippen LogP contribution in [-0.4, -0.2) is 49.5 Å². The zero-order valence-electron chi connectivity index (χ0n) is 21.3. The van der Waals surface area contributed by atoms with Crippen molar-refractivity contribution in [1.29, 1.82) is 5.26 Å². The number of nitrogens with one attached hydrogen (secondary N) is 1. The fourth-order valence-corrected chi connectivity index (χ4v) is 5.36. The highest BCUT2D eigenvalue weighted by Crippen LogP contribution is 2.40. The molecule has 10 nitrogen and oxygen atoms in total. The van der Waals surface area contributed by atoms with Gasteiger partial charge in [-0.15, -0.1) is 5.10 Å². The van der Waals surface area contributed by atoms with Gasteiger partial charge in [-0.05, 0) is 62.8 Å². The Hall–Kier alpha value is -3.97. The van der Waals surface area contributed by atoms with Gasteiger partial charge in [0.2, 0.25) is 5.91 Å².